The van der Waals surface area contributed by atoms with E-state index in [1.165, 1.54) is 0 Å². The molecule has 6 heteroatoms. The molecule has 1 amide bonds. The van der Waals surface area contributed by atoms with Gasteiger partial charge in [0, 0.05) is 31.4 Å². The van der Waals surface area contributed by atoms with Crippen LogP contribution in [-0.2, 0) is 16.1 Å². The molecule has 18 heavy (non-hydrogen) atoms. The van der Waals surface area contributed by atoms with Crippen molar-refractivity contribution in [2.75, 3.05) is 26.7 Å². The van der Waals surface area contributed by atoms with Crippen LogP contribution in [0.2, 0.25) is 0 Å². The van der Waals surface area contributed by atoms with Gasteiger partial charge in [-0.3, -0.25) is 4.79 Å². The highest BCUT2D eigenvalue weighted by atomic mass is 32.1. The van der Waals surface area contributed by atoms with Crippen LogP contribution >= 0.6 is 11.3 Å². The maximum Gasteiger partial charge on any atom is 0.221 e. The molecule has 1 atom stereocenters. The van der Waals surface area contributed by atoms with Crippen LogP contribution < -0.4 is 10.6 Å². The number of nitrogens with one attached hydrogen (secondary N) is 2. The van der Waals surface area contributed by atoms with Gasteiger partial charge in [0.1, 0.15) is 0 Å². The van der Waals surface area contributed by atoms with Crippen LogP contribution in [0.4, 0.5) is 0 Å². The first-order valence-corrected chi connectivity index (χ1v) is 6.80. The lowest BCUT2D eigenvalue weighted by molar-refractivity contribution is -0.120. The van der Waals surface area contributed by atoms with E-state index >= 15 is 0 Å². The van der Waals surface area contributed by atoms with Crippen molar-refractivity contribution in [2.24, 2.45) is 0 Å². The van der Waals surface area contributed by atoms with Gasteiger partial charge in [-0.25, -0.2) is 0 Å². The van der Waals surface area contributed by atoms with Crippen molar-refractivity contribution in [3.63, 3.8) is 0 Å². The minimum atomic E-state index is -0.547. The summed E-state index contributed by atoms with van der Waals surface area (Å²) in [4.78, 5) is 12.1. The number of carbonyl (C=O) groups excluding carboxylic acids is 1. The van der Waals surface area contributed by atoms with Gasteiger partial charge in [0.2, 0.25) is 5.91 Å². The van der Waals surface area contributed by atoms with Crippen LogP contribution in [0.1, 0.15) is 11.3 Å². The van der Waals surface area contributed by atoms with Gasteiger partial charge >= 0.3 is 0 Å². The van der Waals surface area contributed by atoms with Crippen molar-refractivity contribution < 1.29 is 14.6 Å². The summed E-state index contributed by atoms with van der Waals surface area (Å²) in [5.74, 6) is -0.00839. The molecule has 0 aromatic carbocycles. The summed E-state index contributed by atoms with van der Waals surface area (Å²) >= 11 is 1.64. The standard InChI is InChI=1S/C12H20N2O3S/c1-13-12(16)4-5-14-7-10(15)8-17-9-11-3-2-6-18-11/h2-3,6,10,14-15H,4-5,7-9H2,1H3,(H,13,16). The van der Waals surface area contributed by atoms with Crippen LogP contribution in [0.25, 0.3) is 0 Å². The molecule has 1 aromatic rings. The molecule has 0 radical (unpaired) electrons. The summed E-state index contributed by atoms with van der Waals surface area (Å²) in [5.41, 5.74) is 0. The number of hydrogen-bond donors (Lipinski definition) is 3. The maximum atomic E-state index is 10.9. The van der Waals surface area contributed by atoms with E-state index in [1.807, 2.05) is 17.5 Å². The smallest absolute Gasteiger partial charge is 0.221 e. The molecule has 102 valence electrons. The molecule has 0 aliphatic carbocycles. The third-order valence-corrected chi connectivity index (χ3v) is 3.17. The molecular weight excluding hydrogens is 252 g/mol. The SMILES string of the molecule is CNC(=O)CCNCC(O)COCc1cccs1. The second-order valence-electron chi connectivity index (χ2n) is 3.88. The van der Waals surface area contributed by atoms with Crippen LogP contribution in [0.15, 0.2) is 17.5 Å². The normalized spacial score (nSPS) is 12.3. The van der Waals surface area contributed by atoms with Gasteiger partial charge in [-0.1, -0.05) is 6.07 Å². The van der Waals surface area contributed by atoms with E-state index in [1.54, 1.807) is 18.4 Å². The molecule has 1 unspecified atom stereocenters. The third kappa shape index (κ3) is 6.70. The first kappa shape index (κ1) is 15.1. The quantitative estimate of drug-likeness (QED) is 0.567. The number of thiophene rings is 1. The highest BCUT2D eigenvalue weighted by molar-refractivity contribution is 7.09. The number of carbonyl (C=O) groups is 1. The number of hydrogen-bond acceptors (Lipinski definition) is 5. The topological polar surface area (TPSA) is 70.6 Å². The Morgan fingerprint density at radius 3 is 3.11 bits per heavy atom. The summed E-state index contributed by atoms with van der Waals surface area (Å²) < 4.78 is 5.38. The zero-order chi connectivity index (χ0) is 13.2. The van der Waals surface area contributed by atoms with E-state index in [2.05, 4.69) is 10.6 Å². The molecule has 0 saturated heterocycles. The Bertz CT molecular complexity index is 330. The fourth-order valence-corrected chi connectivity index (χ4v) is 1.99. The lowest BCUT2D eigenvalue weighted by Crippen LogP contribution is -2.33. The van der Waals surface area contributed by atoms with E-state index < -0.39 is 6.10 Å². The van der Waals surface area contributed by atoms with Crippen LogP contribution in [0.5, 0.6) is 0 Å². The number of rotatable bonds is 9. The molecule has 0 spiro atoms. The summed E-state index contributed by atoms with van der Waals surface area (Å²) in [5, 5.41) is 17.2. The number of ether oxygens (including phenoxy) is 1. The molecule has 0 bridgehead atoms. The summed E-state index contributed by atoms with van der Waals surface area (Å²) in [6.45, 7) is 1.82. The maximum absolute atomic E-state index is 10.9. The lowest BCUT2D eigenvalue weighted by Gasteiger charge is -2.11. The first-order chi connectivity index (χ1) is 8.72. The van der Waals surface area contributed by atoms with Gasteiger partial charge in [-0.15, -0.1) is 11.3 Å². The second kappa shape index (κ2) is 9.04. The van der Waals surface area contributed by atoms with Gasteiger partial charge in [-0.2, -0.15) is 0 Å². The molecule has 5 nitrogen and oxygen atoms in total. The number of aliphatic hydroxyl groups is 1. The van der Waals surface area contributed by atoms with Gasteiger partial charge < -0.3 is 20.5 Å². The Kier molecular flexibility index (Phi) is 7.59. The van der Waals surface area contributed by atoms with Crippen molar-refractivity contribution in [1.29, 1.82) is 0 Å². The Balaban J connectivity index is 1.97. The number of amides is 1. The van der Waals surface area contributed by atoms with Crippen molar-refractivity contribution in [2.45, 2.75) is 19.1 Å². The predicted molar refractivity (Wildman–Crippen MR) is 71.5 cm³/mol. The van der Waals surface area contributed by atoms with E-state index in [0.717, 1.165) is 4.88 Å². The zero-order valence-electron chi connectivity index (χ0n) is 10.5. The van der Waals surface area contributed by atoms with Gasteiger partial charge in [-0.05, 0) is 11.4 Å². The molecule has 0 aliphatic rings. The van der Waals surface area contributed by atoms with E-state index in [0.29, 0.717) is 32.7 Å². The molecule has 0 aliphatic heterocycles. The molecule has 0 saturated carbocycles. The predicted octanol–water partition coefficient (Wildman–Crippen LogP) is 0.351. The van der Waals surface area contributed by atoms with E-state index in [9.17, 15) is 9.90 Å². The number of aliphatic hydroxyl groups excluding tert-OH is 1. The summed E-state index contributed by atoms with van der Waals surface area (Å²) in [7, 11) is 1.61. The van der Waals surface area contributed by atoms with Crippen LogP contribution in [0, 0.1) is 0 Å². The van der Waals surface area contributed by atoms with Gasteiger partial charge in [0.25, 0.3) is 0 Å². The summed E-state index contributed by atoms with van der Waals surface area (Å²) in [6, 6.07) is 3.97. The minimum Gasteiger partial charge on any atom is -0.389 e. The van der Waals surface area contributed by atoms with E-state index in [4.69, 9.17) is 4.74 Å². The minimum absolute atomic E-state index is 0.00839. The molecule has 1 heterocycles. The van der Waals surface area contributed by atoms with Gasteiger partial charge in [0.05, 0.1) is 19.3 Å². The molecule has 1 aromatic heterocycles. The molecular formula is C12H20N2O3S. The van der Waals surface area contributed by atoms with Crippen molar-refractivity contribution in [1.82, 2.24) is 10.6 Å². The molecule has 0 fully saturated rings. The largest absolute Gasteiger partial charge is 0.389 e. The van der Waals surface area contributed by atoms with Gasteiger partial charge in [0.15, 0.2) is 0 Å². The Morgan fingerprint density at radius 2 is 2.44 bits per heavy atom. The third-order valence-electron chi connectivity index (χ3n) is 2.32. The molecule has 1 rings (SSSR count). The Hall–Kier alpha value is -0.950. The Morgan fingerprint density at radius 1 is 1.61 bits per heavy atom. The average Bonchev–Trinajstić information content (AvgIpc) is 2.87. The van der Waals surface area contributed by atoms with Crippen molar-refractivity contribution in [3.8, 4) is 0 Å². The van der Waals surface area contributed by atoms with Crippen LogP contribution in [-0.4, -0.2) is 43.9 Å². The zero-order valence-corrected chi connectivity index (χ0v) is 11.3. The first-order valence-electron chi connectivity index (χ1n) is 5.92. The van der Waals surface area contributed by atoms with Crippen molar-refractivity contribution in [3.05, 3.63) is 22.4 Å². The highest BCUT2D eigenvalue weighted by Gasteiger charge is 2.05. The lowest BCUT2D eigenvalue weighted by atomic mass is 10.3. The van der Waals surface area contributed by atoms with Crippen LogP contribution in [0.3, 0.4) is 0 Å². The fourth-order valence-electron chi connectivity index (χ4n) is 1.34. The highest BCUT2D eigenvalue weighted by Crippen LogP contribution is 2.09. The molecule has 3 N–H and O–H groups in total. The van der Waals surface area contributed by atoms with E-state index in [-0.39, 0.29) is 5.91 Å². The fraction of sp³-hybridized carbons (Fsp3) is 0.583. The monoisotopic (exact) mass is 272 g/mol. The summed E-state index contributed by atoms with van der Waals surface area (Å²) in [6.07, 6.45) is -0.131. The average molecular weight is 272 g/mol. The second-order valence-corrected chi connectivity index (χ2v) is 4.91. The Labute approximate surface area is 111 Å². The van der Waals surface area contributed by atoms with Crippen molar-refractivity contribution >= 4 is 17.2 Å².